The van der Waals surface area contributed by atoms with Crippen LogP contribution in [0.4, 0.5) is 5.69 Å². The molecule has 0 unspecified atom stereocenters. The van der Waals surface area contributed by atoms with Crippen LogP contribution in [0.25, 0.3) is 0 Å². The van der Waals surface area contributed by atoms with Crippen LogP contribution in [0.3, 0.4) is 0 Å². The molecule has 0 spiro atoms. The summed E-state index contributed by atoms with van der Waals surface area (Å²) in [6, 6.07) is 3.02. The van der Waals surface area contributed by atoms with E-state index in [4.69, 9.17) is 5.73 Å². The fourth-order valence-corrected chi connectivity index (χ4v) is 1.02. The van der Waals surface area contributed by atoms with Crippen LogP contribution < -0.4 is 5.73 Å². The topological polar surface area (TPSA) is 46.2 Å². The third-order valence-corrected chi connectivity index (χ3v) is 1.95. The molecule has 13 heavy (non-hydrogen) atoms. The van der Waals surface area contributed by atoms with Crippen molar-refractivity contribution in [1.29, 1.82) is 0 Å². The molecule has 66 valence electrons. The van der Waals surface area contributed by atoms with Gasteiger partial charge in [-0.3, -0.25) is 0 Å². The molecule has 0 heterocycles. The number of aromatic hydroxyl groups is 1. The van der Waals surface area contributed by atoms with E-state index in [2.05, 4.69) is 6.07 Å². The molecule has 0 saturated carbocycles. The number of nitrogens with two attached hydrogens (primary N) is 1. The quantitative estimate of drug-likeness (QED) is 0.433. The zero-order chi connectivity index (χ0) is 8.59. The van der Waals surface area contributed by atoms with Gasteiger partial charge in [-0.25, -0.2) is 0 Å². The fraction of sp³-hybridized carbons (Fsp3) is 0.333. The molecular weight excluding hydrogens is 316 g/mol. The number of phenolic OH excluding ortho intramolecular Hbond substituents is 1. The maximum atomic E-state index is 9.36. The monoisotopic (exact) mass is 328 g/mol. The zero-order valence-corrected chi connectivity index (χ0v) is 13.9. The number of aryl methyl sites for hydroxylation is 2. The molecule has 3 N–H and O–H groups in total. The molecule has 0 bridgehead atoms. The minimum atomic E-state index is 0. The number of rotatable bonds is 0. The van der Waals surface area contributed by atoms with Gasteiger partial charge in [0.15, 0.2) is 0 Å². The van der Waals surface area contributed by atoms with E-state index in [1.807, 2.05) is 13.8 Å². The molecule has 2 nitrogen and oxygen atoms in total. The maximum absolute atomic E-state index is 9.36. The van der Waals surface area contributed by atoms with Gasteiger partial charge >= 0.3 is 0 Å². The summed E-state index contributed by atoms with van der Waals surface area (Å²) in [6.07, 6.45) is 0. The van der Waals surface area contributed by atoms with E-state index in [0.29, 0.717) is 11.3 Å². The van der Waals surface area contributed by atoms with Gasteiger partial charge in [0.2, 0.25) is 0 Å². The Morgan fingerprint density at radius 2 is 1.54 bits per heavy atom. The van der Waals surface area contributed by atoms with Crippen LogP contribution >= 0.6 is 0 Å². The minimum absolute atomic E-state index is 0. The molecule has 0 aliphatic rings. The summed E-state index contributed by atoms with van der Waals surface area (Å²) in [7, 11) is 0. The summed E-state index contributed by atoms with van der Waals surface area (Å²) in [5.74, 6) is 0.160. The Labute approximate surface area is 129 Å². The first-order valence-corrected chi connectivity index (χ1v) is 3.51. The Kier molecular flexibility index (Phi) is 8.23. The van der Waals surface area contributed by atoms with Crippen molar-refractivity contribution in [2.75, 3.05) is 5.73 Å². The molecule has 0 amide bonds. The zero-order valence-electron chi connectivity index (χ0n) is 8.18. The summed E-state index contributed by atoms with van der Waals surface area (Å²) in [4.78, 5) is 0. The van der Waals surface area contributed by atoms with Crippen molar-refractivity contribution in [3.05, 3.63) is 22.8 Å². The van der Waals surface area contributed by atoms with Gasteiger partial charge in [-0.15, -0.1) is 11.1 Å². The van der Waals surface area contributed by atoms with Crippen LogP contribution in [0.1, 0.15) is 16.7 Å². The predicted molar refractivity (Wildman–Crippen MR) is 45.6 cm³/mol. The number of benzene rings is 1. The second-order valence-corrected chi connectivity index (χ2v) is 2.76. The molecule has 0 aromatic heterocycles. The van der Waals surface area contributed by atoms with Gasteiger partial charge in [0.1, 0.15) is 0 Å². The van der Waals surface area contributed by atoms with E-state index < -0.39 is 0 Å². The summed E-state index contributed by atoms with van der Waals surface area (Å²) >= 11 is 0. The Morgan fingerprint density at radius 3 is 2.00 bits per heavy atom. The summed E-state index contributed by atoms with van der Waals surface area (Å²) < 4.78 is 0. The molecule has 0 atom stereocenters. The van der Waals surface area contributed by atoms with Crippen LogP contribution in [0.2, 0.25) is 0 Å². The molecule has 0 aliphatic heterocycles. The summed E-state index contributed by atoms with van der Waals surface area (Å²) in [5.41, 5.74) is 8.71. The van der Waals surface area contributed by atoms with Crippen molar-refractivity contribution >= 4 is 5.69 Å². The van der Waals surface area contributed by atoms with Gasteiger partial charge in [0, 0.05) is 71.2 Å². The number of nitrogen functional groups attached to an aromatic ring is 1. The number of hydrogen-bond acceptors (Lipinski definition) is 2. The van der Waals surface area contributed by atoms with E-state index in [1.165, 1.54) is 0 Å². The van der Waals surface area contributed by atoms with Crippen LogP contribution in [0.15, 0.2) is 0 Å². The second-order valence-electron chi connectivity index (χ2n) is 2.76. The van der Waals surface area contributed by atoms with Crippen molar-refractivity contribution in [2.24, 2.45) is 0 Å². The molecule has 2 radical (unpaired) electrons. The van der Waals surface area contributed by atoms with Gasteiger partial charge in [-0.2, -0.15) is 11.6 Å². The van der Waals surface area contributed by atoms with Crippen LogP contribution in [-0.2, 0) is 65.4 Å². The number of phenols is 1. The van der Waals surface area contributed by atoms with E-state index in [-0.39, 0.29) is 71.2 Å². The number of anilines is 1. The molecular formula is C9H12NOY2-. The smallest absolute Gasteiger partial charge is 0.0284 e. The Balaban J connectivity index is 0. The first kappa shape index (κ1) is 16.5. The van der Waals surface area contributed by atoms with Gasteiger partial charge < -0.3 is 10.8 Å². The molecule has 1 aromatic rings. The van der Waals surface area contributed by atoms with Gasteiger partial charge in [-0.1, -0.05) is 20.8 Å². The van der Waals surface area contributed by atoms with E-state index in [9.17, 15) is 5.11 Å². The van der Waals surface area contributed by atoms with E-state index in [1.54, 1.807) is 6.92 Å². The van der Waals surface area contributed by atoms with Crippen molar-refractivity contribution in [3.8, 4) is 5.75 Å². The van der Waals surface area contributed by atoms with Gasteiger partial charge in [0.05, 0.1) is 0 Å². The average Bonchev–Trinajstić information content (AvgIpc) is 1.97. The first-order chi connectivity index (χ1) is 5.04. The van der Waals surface area contributed by atoms with Crippen molar-refractivity contribution in [2.45, 2.75) is 20.8 Å². The Hall–Kier alpha value is 1.03. The number of hydrogen-bond donors (Lipinski definition) is 2. The van der Waals surface area contributed by atoms with Gasteiger partial charge in [-0.05, 0) is 5.69 Å². The summed E-state index contributed by atoms with van der Waals surface area (Å²) in [5, 5.41) is 9.36. The molecule has 1 rings (SSSR count). The van der Waals surface area contributed by atoms with Crippen LogP contribution in [0, 0.1) is 26.8 Å². The third kappa shape index (κ3) is 3.58. The van der Waals surface area contributed by atoms with E-state index >= 15 is 0 Å². The van der Waals surface area contributed by atoms with Crippen LogP contribution in [0.5, 0.6) is 5.75 Å². The SMILES string of the molecule is Cc1[c-]c(C)c(O)c(N)c1C.[Y].[Y]. The van der Waals surface area contributed by atoms with Crippen LogP contribution in [-0.4, -0.2) is 5.11 Å². The van der Waals surface area contributed by atoms with Crippen molar-refractivity contribution in [1.82, 2.24) is 0 Å². The molecule has 1 aromatic carbocycles. The first-order valence-electron chi connectivity index (χ1n) is 3.51. The van der Waals surface area contributed by atoms with Crippen molar-refractivity contribution in [3.63, 3.8) is 0 Å². The normalized spacial score (nSPS) is 8.54. The van der Waals surface area contributed by atoms with E-state index in [0.717, 1.165) is 11.1 Å². The third-order valence-electron chi connectivity index (χ3n) is 1.95. The molecule has 4 heteroatoms. The minimum Gasteiger partial charge on any atom is -0.563 e. The second kappa shape index (κ2) is 6.50. The largest absolute Gasteiger partial charge is 0.563 e. The predicted octanol–water partition coefficient (Wildman–Crippen LogP) is 1.69. The Morgan fingerprint density at radius 1 is 1.08 bits per heavy atom. The molecule has 0 fully saturated rings. The molecule has 0 saturated heterocycles. The van der Waals surface area contributed by atoms with Crippen molar-refractivity contribution < 1.29 is 70.5 Å². The Bertz CT molecular complexity index is 274. The average molecular weight is 328 g/mol. The molecule has 0 aliphatic carbocycles. The van der Waals surface area contributed by atoms with Gasteiger partial charge in [0.25, 0.3) is 0 Å². The summed E-state index contributed by atoms with van der Waals surface area (Å²) in [6.45, 7) is 5.59. The standard InChI is InChI=1S/C9H12NO.2Y/c1-5-4-6(2)9(11)8(10)7(5)3;;/h11H,10H2,1-3H3;;/q-1;;. The fourth-order valence-electron chi connectivity index (χ4n) is 1.02. The maximum Gasteiger partial charge on any atom is 0.0284 e.